The molecule has 1 atom stereocenters. The Hall–Kier alpha value is -3.27. The summed E-state index contributed by atoms with van der Waals surface area (Å²) in [6.45, 7) is 2.05. The van der Waals surface area contributed by atoms with Crippen molar-refractivity contribution < 1.29 is 9.53 Å². The van der Waals surface area contributed by atoms with Crippen LogP contribution < -0.4 is 15.4 Å². The van der Waals surface area contributed by atoms with E-state index in [2.05, 4.69) is 10.6 Å². The topological polar surface area (TPSA) is 50.4 Å². The second-order valence-corrected chi connectivity index (χ2v) is 6.08. The number of aryl methyl sites for hydroxylation is 1. The molecule has 0 bridgehead atoms. The van der Waals surface area contributed by atoms with Gasteiger partial charge in [0.1, 0.15) is 5.75 Å². The summed E-state index contributed by atoms with van der Waals surface area (Å²) in [6.07, 6.45) is 0. The minimum absolute atomic E-state index is 0.234. The van der Waals surface area contributed by atoms with Crippen LogP contribution in [0.25, 0.3) is 0 Å². The van der Waals surface area contributed by atoms with Gasteiger partial charge in [-0.3, -0.25) is 0 Å². The van der Waals surface area contributed by atoms with Gasteiger partial charge >= 0.3 is 6.03 Å². The van der Waals surface area contributed by atoms with Crippen molar-refractivity contribution in [1.82, 2.24) is 5.32 Å². The number of nitrogens with one attached hydrogen (secondary N) is 2. The van der Waals surface area contributed by atoms with E-state index >= 15 is 0 Å². The number of hydrogen-bond acceptors (Lipinski definition) is 2. The molecule has 3 aromatic rings. The van der Waals surface area contributed by atoms with Gasteiger partial charge in [-0.25, -0.2) is 4.79 Å². The molecule has 4 nitrogen and oxygen atoms in total. The van der Waals surface area contributed by atoms with E-state index in [1.807, 2.05) is 79.7 Å². The third-order valence-corrected chi connectivity index (χ3v) is 4.15. The Labute approximate surface area is 153 Å². The lowest BCUT2D eigenvalue weighted by Crippen LogP contribution is -2.33. The zero-order valence-electron chi connectivity index (χ0n) is 14.9. The number of carbonyl (C=O) groups is 1. The molecule has 4 heteroatoms. The van der Waals surface area contributed by atoms with Gasteiger partial charge in [0.15, 0.2) is 0 Å². The summed E-state index contributed by atoms with van der Waals surface area (Å²) in [4.78, 5) is 12.6. The third kappa shape index (κ3) is 4.42. The Kier molecular flexibility index (Phi) is 5.54. The molecule has 26 heavy (non-hydrogen) atoms. The fourth-order valence-electron chi connectivity index (χ4n) is 2.76. The quantitative estimate of drug-likeness (QED) is 0.689. The molecule has 132 valence electrons. The molecule has 0 spiro atoms. The summed E-state index contributed by atoms with van der Waals surface area (Å²) in [7, 11) is 1.60. The maximum absolute atomic E-state index is 12.6. The van der Waals surface area contributed by atoms with Crippen molar-refractivity contribution in [3.63, 3.8) is 0 Å². The van der Waals surface area contributed by atoms with Crippen molar-refractivity contribution in [1.29, 1.82) is 0 Å². The van der Waals surface area contributed by atoms with Crippen molar-refractivity contribution in [2.75, 3.05) is 12.4 Å². The van der Waals surface area contributed by atoms with Crippen molar-refractivity contribution in [3.05, 3.63) is 95.6 Å². The van der Waals surface area contributed by atoms with Crippen molar-refractivity contribution in [3.8, 4) is 5.75 Å². The van der Waals surface area contributed by atoms with E-state index in [4.69, 9.17) is 4.74 Å². The molecule has 0 fully saturated rings. The van der Waals surface area contributed by atoms with Gasteiger partial charge in [-0.2, -0.15) is 0 Å². The number of anilines is 1. The molecule has 2 amide bonds. The SMILES string of the molecule is COc1cccc(NC(=O)N[C@@H](c2ccccc2)c2ccc(C)cc2)c1. The highest BCUT2D eigenvalue weighted by atomic mass is 16.5. The average molecular weight is 346 g/mol. The standard InChI is InChI=1S/C22H22N2O2/c1-16-11-13-18(14-12-16)21(17-7-4-3-5-8-17)24-22(25)23-19-9-6-10-20(15-19)26-2/h3-15,21H,1-2H3,(H2,23,24,25)/t21-/m0/s1. The van der Waals surface area contributed by atoms with Gasteiger partial charge < -0.3 is 15.4 Å². The van der Waals surface area contributed by atoms with E-state index in [0.717, 1.165) is 11.1 Å². The lowest BCUT2D eigenvalue weighted by atomic mass is 9.98. The molecule has 0 heterocycles. The molecule has 0 radical (unpaired) electrons. The number of benzene rings is 3. The Balaban J connectivity index is 1.81. The first-order valence-electron chi connectivity index (χ1n) is 8.49. The van der Waals surface area contributed by atoms with Gasteiger partial charge in [-0.15, -0.1) is 0 Å². The van der Waals surface area contributed by atoms with Crippen molar-refractivity contribution >= 4 is 11.7 Å². The lowest BCUT2D eigenvalue weighted by molar-refractivity contribution is 0.250. The summed E-state index contributed by atoms with van der Waals surface area (Å²) < 4.78 is 5.20. The number of ether oxygens (including phenoxy) is 1. The van der Waals surface area contributed by atoms with Crippen LogP contribution in [0.1, 0.15) is 22.7 Å². The van der Waals surface area contributed by atoms with Crippen LogP contribution in [0.3, 0.4) is 0 Å². The van der Waals surface area contributed by atoms with Gasteiger partial charge in [0.25, 0.3) is 0 Å². The second kappa shape index (κ2) is 8.21. The Morgan fingerprint density at radius 3 is 2.27 bits per heavy atom. The van der Waals surface area contributed by atoms with Crippen LogP contribution in [0.5, 0.6) is 5.75 Å². The number of urea groups is 1. The highest BCUT2D eigenvalue weighted by Gasteiger charge is 2.16. The maximum Gasteiger partial charge on any atom is 0.319 e. The van der Waals surface area contributed by atoms with Crippen LogP contribution >= 0.6 is 0 Å². The van der Waals surface area contributed by atoms with Crippen LogP contribution in [-0.4, -0.2) is 13.1 Å². The first kappa shape index (κ1) is 17.5. The van der Waals surface area contributed by atoms with Crippen LogP contribution in [0, 0.1) is 6.92 Å². The van der Waals surface area contributed by atoms with E-state index in [-0.39, 0.29) is 12.1 Å². The normalized spacial score (nSPS) is 11.5. The summed E-state index contributed by atoms with van der Waals surface area (Å²) >= 11 is 0. The molecule has 0 unspecified atom stereocenters. The average Bonchev–Trinajstić information content (AvgIpc) is 2.68. The smallest absolute Gasteiger partial charge is 0.319 e. The Morgan fingerprint density at radius 1 is 0.885 bits per heavy atom. The van der Waals surface area contributed by atoms with Gasteiger partial charge in [0.05, 0.1) is 13.2 Å². The van der Waals surface area contributed by atoms with Crippen LogP contribution in [0.4, 0.5) is 10.5 Å². The van der Waals surface area contributed by atoms with Crippen molar-refractivity contribution in [2.45, 2.75) is 13.0 Å². The monoisotopic (exact) mass is 346 g/mol. The van der Waals surface area contributed by atoms with E-state index in [1.165, 1.54) is 5.56 Å². The minimum atomic E-state index is -0.271. The van der Waals surface area contributed by atoms with E-state index < -0.39 is 0 Å². The Bertz CT molecular complexity index is 861. The molecule has 0 aliphatic rings. The second-order valence-electron chi connectivity index (χ2n) is 6.08. The molecule has 0 aliphatic heterocycles. The minimum Gasteiger partial charge on any atom is -0.497 e. The van der Waals surface area contributed by atoms with Gasteiger partial charge in [-0.05, 0) is 30.2 Å². The van der Waals surface area contributed by atoms with E-state index in [0.29, 0.717) is 11.4 Å². The first-order chi connectivity index (χ1) is 12.7. The molecule has 0 aliphatic carbocycles. The molecular formula is C22H22N2O2. The van der Waals surface area contributed by atoms with E-state index in [9.17, 15) is 4.79 Å². The number of amides is 2. The molecule has 3 aromatic carbocycles. The molecule has 0 saturated heterocycles. The van der Waals surface area contributed by atoms with Crippen LogP contribution in [-0.2, 0) is 0 Å². The molecule has 0 saturated carbocycles. The lowest BCUT2D eigenvalue weighted by Gasteiger charge is -2.20. The third-order valence-electron chi connectivity index (χ3n) is 4.15. The number of hydrogen-bond donors (Lipinski definition) is 2. The van der Waals surface area contributed by atoms with Gasteiger partial charge in [0, 0.05) is 11.8 Å². The maximum atomic E-state index is 12.6. The van der Waals surface area contributed by atoms with E-state index in [1.54, 1.807) is 13.2 Å². The number of carbonyl (C=O) groups excluding carboxylic acids is 1. The fourth-order valence-corrected chi connectivity index (χ4v) is 2.76. The number of methoxy groups -OCH3 is 1. The highest BCUT2D eigenvalue weighted by Crippen LogP contribution is 2.23. The summed E-state index contributed by atoms with van der Waals surface area (Å²) in [5.41, 5.74) is 3.92. The Morgan fingerprint density at radius 2 is 1.58 bits per heavy atom. The summed E-state index contributed by atoms with van der Waals surface area (Å²) in [6, 6.07) is 24.9. The van der Waals surface area contributed by atoms with Crippen LogP contribution in [0.15, 0.2) is 78.9 Å². The predicted octanol–water partition coefficient (Wildman–Crippen LogP) is 4.91. The van der Waals surface area contributed by atoms with Crippen molar-refractivity contribution in [2.24, 2.45) is 0 Å². The molecular weight excluding hydrogens is 324 g/mol. The highest BCUT2D eigenvalue weighted by molar-refractivity contribution is 5.90. The largest absolute Gasteiger partial charge is 0.497 e. The zero-order chi connectivity index (χ0) is 18.4. The number of rotatable bonds is 5. The molecule has 2 N–H and O–H groups in total. The molecule has 0 aromatic heterocycles. The predicted molar refractivity (Wildman–Crippen MR) is 105 cm³/mol. The first-order valence-corrected chi connectivity index (χ1v) is 8.49. The molecule has 3 rings (SSSR count). The van der Waals surface area contributed by atoms with Gasteiger partial charge in [-0.1, -0.05) is 66.2 Å². The fraction of sp³-hybridized carbons (Fsp3) is 0.136. The van der Waals surface area contributed by atoms with Crippen LogP contribution in [0.2, 0.25) is 0 Å². The zero-order valence-corrected chi connectivity index (χ0v) is 14.9. The van der Waals surface area contributed by atoms with Gasteiger partial charge in [0.2, 0.25) is 0 Å². The summed E-state index contributed by atoms with van der Waals surface area (Å²) in [5, 5.41) is 5.93. The summed E-state index contributed by atoms with van der Waals surface area (Å²) in [5.74, 6) is 0.695.